The van der Waals surface area contributed by atoms with Gasteiger partial charge in [-0.1, -0.05) is 35.5 Å². The number of rotatable bonds is 2. The molecule has 0 radical (unpaired) electrons. The van der Waals surface area contributed by atoms with Crippen molar-refractivity contribution in [1.82, 2.24) is 10.4 Å². The van der Waals surface area contributed by atoms with Crippen LogP contribution in [0, 0.1) is 0 Å². The molecule has 0 spiro atoms. The lowest BCUT2D eigenvalue weighted by molar-refractivity contribution is -0.131. The Kier molecular flexibility index (Phi) is 4.24. The van der Waals surface area contributed by atoms with Gasteiger partial charge in [-0.3, -0.25) is 15.0 Å². The number of halogens is 1. The molecule has 0 unspecified atom stereocenters. The molecular formula is C12H9ClN2O2S2. The number of carbonyl (C=O) groups is 2. The summed E-state index contributed by atoms with van der Waals surface area (Å²) in [5.74, 6) is -0.677. The van der Waals surface area contributed by atoms with Crippen LogP contribution in [-0.4, -0.2) is 21.1 Å². The predicted molar refractivity (Wildman–Crippen MR) is 80.3 cm³/mol. The Balaban J connectivity index is 2.23. The highest BCUT2D eigenvalue weighted by Gasteiger charge is 2.32. The third kappa shape index (κ3) is 3.34. The number of benzene rings is 1. The van der Waals surface area contributed by atoms with E-state index in [-0.39, 0.29) is 11.8 Å². The molecule has 98 valence electrons. The number of thioether (sulfide) groups is 1. The summed E-state index contributed by atoms with van der Waals surface area (Å²) < 4.78 is 0.306. The summed E-state index contributed by atoms with van der Waals surface area (Å²) in [5.41, 5.74) is 3.23. The number of thiocarbonyl (C=S) groups is 1. The Morgan fingerprint density at radius 3 is 2.63 bits per heavy atom. The third-order valence-electron chi connectivity index (χ3n) is 2.23. The van der Waals surface area contributed by atoms with Crippen LogP contribution in [0.25, 0.3) is 6.08 Å². The van der Waals surface area contributed by atoms with Crippen molar-refractivity contribution in [2.75, 3.05) is 0 Å². The van der Waals surface area contributed by atoms with Gasteiger partial charge in [-0.05, 0) is 36.0 Å². The predicted octanol–water partition coefficient (Wildman–Crippen LogP) is 2.59. The zero-order chi connectivity index (χ0) is 14.0. The fourth-order valence-corrected chi connectivity index (χ4v) is 2.74. The quantitative estimate of drug-likeness (QED) is 0.673. The van der Waals surface area contributed by atoms with Crippen LogP contribution in [0.15, 0.2) is 29.2 Å². The smallest absolute Gasteiger partial charge is 0.274 e. The van der Waals surface area contributed by atoms with E-state index in [0.29, 0.717) is 14.2 Å². The largest absolute Gasteiger partial charge is 0.285 e. The van der Waals surface area contributed by atoms with Gasteiger partial charge < -0.3 is 0 Å². The van der Waals surface area contributed by atoms with Gasteiger partial charge in [0.1, 0.15) is 0 Å². The molecule has 0 aromatic heterocycles. The number of hydrogen-bond acceptors (Lipinski definition) is 4. The van der Waals surface area contributed by atoms with Crippen molar-refractivity contribution in [1.29, 1.82) is 0 Å². The van der Waals surface area contributed by atoms with Crippen LogP contribution in [0.3, 0.4) is 0 Å². The number of amides is 2. The molecular weight excluding hydrogens is 304 g/mol. The second-order valence-corrected chi connectivity index (χ2v) is 5.85. The van der Waals surface area contributed by atoms with Gasteiger partial charge in [-0.2, -0.15) is 5.01 Å². The molecule has 0 atom stereocenters. The SMILES string of the molecule is CC(=O)NN1C(=O)/C(=C\c2ccc(Cl)cc2)SC1=S. The minimum absolute atomic E-state index is 0.306. The molecule has 1 saturated heterocycles. The first-order chi connectivity index (χ1) is 8.97. The third-order valence-corrected chi connectivity index (χ3v) is 3.78. The van der Waals surface area contributed by atoms with E-state index in [2.05, 4.69) is 5.43 Å². The number of nitrogens with zero attached hydrogens (tertiary/aromatic N) is 1. The van der Waals surface area contributed by atoms with Gasteiger partial charge in [0, 0.05) is 11.9 Å². The maximum absolute atomic E-state index is 12.0. The van der Waals surface area contributed by atoms with E-state index in [1.807, 2.05) is 0 Å². The van der Waals surface area contributed by atoms with Gasteiger partial charge in [0.15, 0.2) is 4.32 Å². The van der Waals surface area contributed by atoms with Gasteiger partial charge in [0.2, 0.25) is 5.91 Å². The Morgan fingerprint density at radius 1 is 1.42 bits per heavy atom. The molecule has 1 aliphatic heterocycles. The Bertz CT molecular complexity index is 584. The Labute approximate surface area is 124 Å². The summed E-state index contributed by atoms with van der Waals surface area (Å²) in [6.07, 6.45) is 1.71. The molecule has 1 N–H and O–H groups in total. The van der Waals surface area contributed by atoms with Crippen LogP contribution in [0.4, 0.5) is 0 Å². The number of carbonyl (C=O) groups excluding carboxylic acids is 2. The van der Waals surface area contributed by atoms with E-state index in [4.69, 9.17) is 23.8 Å². The monoisotopic (exact) mass is 312 g/mol. The second-order valence-electron chi connectivity index (χ2n) is 3.74. The highest BCUT2D eigenvalue weighted by atomic mass is 35.5. The minimum Gasteiger partial charge on any atom is -0.274 e. The van der Waals surface area contributed by atoms with E-state index >= 15 is 0 Å². The van der Waals surface area contributed by atoms with Crippen molar-refractivity contribution in [2.24, 2.45) is 0 Å². The number of hydrazine groups is 1. The van der Waals surface area contributed by atoms with E-state index in [1.165, 1.54) is 6.92 Å². The molecule has 0 bridgehead atoms. The molecule has 7 heteroatoms. The highest BCUT2D eigenvalue weighted by molar-refractivity contribution is 8.26. The van der Waals surface area contributed by atoms with Crippen molar-refractivity contribution >= 4 is 57.8 Å². The molecule has 1 fully saturated rings. The van der Waals surface area contributed by atoms with Crippen molar-refractivity contribution < 1.29 is 9.59 Å². The topological polar surface area (TPSA) is 49.4 Å². The summed E-state index contributed by atoms with van der Waals surface area (Å²) in [6, 6.07) is 7.07. The lowest BCUT2D eigenvalue weighted by atomic mass is 10.2. The fraction of sp³-hybridized carbons (Fsp3) is 0.0833. The lowest BCUT2D eigenvalue weighted by Gasteiger charge is -2.13. The van der Waals surface area contributed by atoms with Crippen molar-refractivity contribution in [3.63, 3.8) is 0 Å². The van der Waals surface area contributed by atoms with Crippen LogP contribution in [0.1, 0.15) is 12.5 Å². The zero-order valence-electron chi connectivity index (χ0n) is 9.84. The van der Waals surface area contributed by atoms with Crippen molar-refractivity contribution in [3.8, 4) is 0 Å². The molecule has 2 rings (SSSR count). The molecule has 4 nitrogen and oxygen atoms in total. The lowest BCUT2D eigenvalue weighted by Crippen LogP contribution is -2.43. The van der Waals surface area contributed by atoms with Gasteiger partial charge in [-0.15, -0.1) is 0 Å². The van der Waals surface area contributed by atoms with Crippen molar-refractivity contribution in [2.45, 2.75) is 6.92 Å². The fourth-order valence-electron chi connectivity index (χ4n) is 1.43. The van der Waals surface area contributed by atoms with Crippen LogP contribution in [0.2, 0.25) is 5.02 Å². The molecule has 1 heterocycles. The maximum Gasteiger partial charge on any atom is 0.285 e. The molecule has 0 aliphatic carbocycles. The normalized spacial score (nSPS) is 17.2. The molecule has 19 heavy (non-hydrogen) atoms. The molecule has 1 aliphatic rings. The standard InChI is InChI=1S/C12H9ClN2O2S2/c1-7(16)14-15-11(17)10(19-12(15)18)6-8-2-4-9(13)5-3-8/h2-6H,1H3,(H,14,16)/b10-6+. The average Bonchev–Trinajstić information content (AvgIpc) is 2.60. The Morgan fingerprint density at radius 2 is 2.05 bits per heavy atom. The van der Waals surface area contributed by atoms with Crippen LogP contribution >= 0.6 is 35.6 Å². The molecule has 0 saturated carbocycles. The molecule has 1 aromatic carbocycles. The minimum atomic E-state index is -0.343. The maximum atomic E-state index is 12.0. The van der Waals surface area contributed by atoms with Crippen LogP contribution in [0.5, 0.6) is 0 Å². The number of nitrogens with one attached hydrogen (secondary N) is 1. The van der Waals surface area contributed by atoms with Gasteiger partial charge in [0.25, 0.3) is 5.91 Å². The first kappa shape index (κ1) is 14.0. The first-order valence-corrected chi connectivity index (χ1v) is 6.88. The summed E-state index contributed by atoms with van der Waals surface area (Å²) in [6.45, 7) is 1.32. The average molecular weight is 313 g/mol. The van der Waals surface area contributed by atoms with E-state index in [1.54, 1.807) is 30.3 Å². The summed E-state index contributed by atoms with van der Waals surface area (Å²) in [5, 5.41) is 1.70. The summed E-state index contributed by atoms with van der Waals surface area (Å²) in [4.78, 5) is 23.5. The van der Waals surface area contributed by atoms with Crippen LogP contribution < -0.4 is 5.43 Å². The van der Waals surface area contributed by atoms with Crippen molar-refractivity contribution in [3.05, 3.63) is 39.8 Å². The van der Waals surface area contributed by atoms with E-state index < -0.39 is 0 Å². The second kappa shape index (κ2) is 5.73. The van der Waals surface area contributed by atoms with Gasteiger partial charge in [-0.25, -0.2) is 0 Å². The number of hydrogen-bond donors (Lipinski definition) is 1. The van der Waals surface area contributed by atoms with Gasteiger partial charge >= 0.3 is 0 Å². The van der Waals surface area contributed by atoms with E-state index in [0.717, 1.165) is 22.3 Å². The summed E-state index contributed by atoms with van der Waals surface area (Å²) >= 11 is 12.0. The Hall–Kier alpha value is -1.37. The van der Waals surface area contributed by atoms with E-state index in [9.17, 15) is 9.59 Å². The first-order valence-electron chi connectivity index (χ1n) is 5.28. The van der Waals surface area contributed by atoms with Gasteiger partial charge in [0.05, 0.1) is 4.91 Å². The van der Waals surface area contributed by atoms with Crippen LogP contribution in [-0.2, 0) is 9.59 Å². The molecule has 2 amide bonds. The highest BCUT2D eigenvalue weighted by Crippen LogP contribution is 2.31. The summed E-state index contributed by atoms with van der Waals surface area (Å²) in [7, 11) is 0. The molecule has 1 aromatic rings. The zero-order valence-corrected chi connectivity index (χ0v) is 12.2.